The molecule has 0 saturated carbocycles. The molecule has 0 unspecified atom stereocenters. The zero-order valence-corrected chi connectivity index (χ0v) is 39.2. The van der Waals surface area contributed by atoms with Crippen molar-refractivity contribution >= 4 is 49.9 Å². The summed E-state index contributed by atoms with van der Waals surface area (Å²) in [6, 6.07) is 36.2. The van der Waals surface area contributed by atoms with Crippen LogP contribution in [0.3, 0.4) is 0 Å². The zero-order valence-electron chi connectivity index (χ0n) is 37.7. The Morgan fingerprint density at radius 1 is 0.600 bits per heavy atom. The van der Waals surface area contributed by atoms with E-state index in [9.17, 15) is 9.59 Å². The Balaban J connectivity index is 0.000000184. The first-order chi connectivity index (χ1) is 31.9. The van der Waals surface area contributed by atoms with Crippen LogP contribution in [0.4, 0.5) is 0 Å². The normalized spacial score (nSPS) is 14.8. The lowest BCUT2D eigenvalue weighted by atomic mass is 9.96. The van der Waals surface area contributed by atoms with Gasteiger partial charge in [-0.05, 0) is 100 Å². The summed E-state index contributed by atoms with van der Waals surface area (Å²) in [4.78, 5) is 40.0. The van der Waals surface area contributed by atoms with E-state index in [1.807, 2.05) is 84.9 Å². The number of benzene rings is 4. The van der Waals surface area contributed by atoms with Crippen molar-refractivity contribution in [3.8, 4) is 11.5 Å². The van der Waals surface area contributed by atoms with Crippen LogP contribution in [0.5, 0.6) is 11.5 Å². The molecule has 0 bridgehead atoms. The number of alkyl halides is 1. The zero-order chi connectivity index (χ0) is 45.5. The Labute approximate surface area is 390 Å². The Bertz CT molecular complexity index is 2240. The fourth-order valence-electron chi connectivity index (χ4n) is 7.91. The molecule has 6 aromatic rings. The number of hydrogen-bond acceptors (Lipinski definition) is 12. The van der Waals surface area contributed by atoms with Crippen molar-refractivity contribution in [1.82, 2.24) is 29.3 Å². The number of carbonyl (C=O) groups is 2. The first kappa shape index (κ1) is 49.1. The number of ether oxygens (including phenoxy) is 6. The Morgan fingerprint density at radius 2 is 1.11 bits per heavy atom. The molecule has 0 spiro atoms. The van der Waals surface area contributed by atoms with Crippen LogP contribution < -0.4 is 9.47 Å². The summed E-state index contributed by atoms with van der Waals surface area (Å²) in [5.41, 5.74) is 4.36. The third-order valence-corrected chi connectivity index (χ3v) is 11.8. The van der Waals surface area contributed by atoms with Crippen molar-refractivity contribution in [2.24, 2.45) is 0 Å². The number of hydrogen-bond donors (Lipinski definition) is 1. The molecule has 15 heteroatoms. The van der Waals surface area contributed by atoms with E-state index in [-0.39, 0.29) is 25.2 Å². The Hall–Kier alpha value is -5.32. The van der Waals surface area contributed by atoms with Gasteiger partial charge in [0.05, 0.1) is 62.7 Å². The van der Waals surface area contributed by atoms with E-state index in [0.29, 0.717) is 31.7 Å². The van der Waals surface area contributed by atoms with E-state index < -0.39 is 0 Å². The maximum Gasteiger partial charge on any atom is 0.331 e. The fourth-order valence-corrected chi connectivity index (χ4v) is 8.07. The summed E-state index contributed by atoms with van der Waals surface area (Å²) in [5.74, 6) is 4.34. The van der Waals surface area contributed by atoms with Gasteiger partial charge in [-0.15, -0.1) is 0 Å². The van der Waals surface area contributed by atoms with Crippen LogP contribution in [0.1, 0.15) is 49.2 Å². The number of piperidine rings is 2. The van der Waals surface area contributed by atoms with Crippen LogP contribution in [0.15, 0.2) is 109 Å². The average Bonchev–Trinajstić information content (AvgIpc) is 3.97. The number of nitrogens with zero attached hydrogens (tertiary/aromatic N) is 5. The molecule has 65 heavy (non-hydrogen) atoms. The number of imidazole rings is 2. The van der Waals surface area contributed by atoms with Crippen molar-refractivity contribution < 1.29 is 38.0 Å². The van der Waals surface area contributed by atoms with Crippen LogP contribution in [0.25, 0.3) is 22.1 Å². The number of methoxy groups -OCH3 is 2. The number of fused-ring (bicyclic) bond motifs is 2. The largest absolute Gasteiger partial charge is 0.493 e. The molecule has 1 N–H and O–H groups in total. The van der Waals surface area contributed by atoms with Gasteiger partial charge in [0.15, 0.2) is 0 Å². The summed E-state index contributed by atoms with van der Waals surface area (Å²) in [6.45, 7) is 8.98. The lowest BCUT2D eigenvalue weighted by Gasteiger charge is -2.31. The van der Waals surface area contributed by atoms with Gasteiger partial charge in [-0.25, -0.2) is 19.6 Å². The second-order valence-electron chi connectivity index (χ2n) is 15.8. The van der Waals surface area contributed by atoms with Gasteiger partial charge < -0.3 is 47.8 Å². The molecule has 4 aromatic carbocycles. The number of nitrogens with one attached hydrogen (secondary N) is 1. The van der Waals surface area contributed by atoms with Crippen LogP contribution in [0.2, 0.25) is 0 Å². The molecule has 0 atom stereocenters. The molecule has 2 aliphatic rings. The van der Waals surface area contributed by atoms with Gasteiger partial charge in [0.1, 0.15) is 43.0 Å². The van der Waals surface area contributed by atoms with E-state index >= 15 is 0 Å². The molecule has 0 radical (unpaired) electrons. The summed E-state index contributed by atoms with van der Waals surface area (Å²) in [5, 5.41) is 0.877. The van der Waals surface area contributed by atoms with Crippen molar-refractivity contribution in [3.05, 3.63) is 121 Å². The molecule has 2 fully saturated rings. The minimum Gasteiger partial charge on any atom is -0.493 e. The number of esters is 2. The van der Waals surface area contributed by atoms with Crippen LogP contribution in [0, 0.1) is 0 Å². The fraction of sp³-hybridized carbons (Fsp3) is 0.440. The lowest BCUT2D eigenvalue weighted by molar-refractivity contribution is -0.146. The molecule has 2 saturated heterocycles. The number of aromatic nitrogens is 4. The number of H-pyrrole nitrogens is 1. The number of carbonyl (C=O) groups excluding carboxylic acids is 2. The first-order valence-corrected chi connectivity index (χ1v) is 23.6. The van der Waals surface area contributed by atoms with Crippen LogP contribution in [-0.4, -0.2) is 140 Å². The summed E-state index contributed by atoms with van der Waals surface area (Å²) >= 11 is 3.28. The molecule has 14 nitrogen and oxygen atoms in total. The summed E-state index contributed by atoms with van der Waals surface area (Å²) in [6.07, 6.45) is 4.30. The van der Waals surface area contributed by atoms with Gasteiger partial charge in [0, 0.05) is 30.3 Å². The van der Waals surface area contributed by atoms with E-state index in [0.717, 1.165) is 129 Å². The molecule has 2 aliphatic heterocycles. The van der Waals surface area contributed by atoms with Crippen molar-refractivity contribution in [2.75, 3.05) is 98.5 Å². The van der Waals surface area contributed by atoms with Crippen molar-refractivity contribution in [3.63, 3.8) is 0 Å². The molecular weight excluding hydrogens is 892 g/mol. The number of halogens is 1. The highest BCUT2D eigenvalue weighted by atomic mass is 79.9. The SMILES string of the molecule is BrCCOc1ccccc1.COC(=O)COCCN1CCC(c2nc3ccccc3[nH]2)CC1.COC(=O)COCCN1CCC(c2nc3ccccc3n2CCOc2ccccc2)CC1. The van der Waals surface area contributed by atoms with E-state index in [2.05, 4.69) is 69.0 Å². The predicted molar refractivity (Wildman–Crippen MR) is 256 cm³/mol. The highest BCUT2D eigenvalue weighted by Crippen LogP contribution is 2.31. The van der Waals surface area contributed by atoms with Gasteiger partial charge >= 0.3 is 11.9 Å². The molecule has 8 rings (SSSR count). The Morgan fingerprint density at radius 3 is 1.66 bits per heavy atom. The third-order valence-electron chi connectivity index (χ3n) is 11.4. The lowest BCUT2D eigenvalue weighted by Crippen LogP contribution is -2.36. The van der Waals surface area contributed by atoms with Crippen molar-refractivity contribution in [1.29, 1.82) is 0 Å². The average molecular weight is 956 g/mol. The maximum atomic E-state index is 11.1. The predicted octanol–water partition coefficient (Wildman–Crippen LogP) is 7.88. The van der Waals surface area contributed by atoms with E-state index in [1.54, 1.807) is 0 Å². The highest BCUT2D eigenvalue weighted by Gasteiger charge is 2.26. The monoisotopic (exact) mass is 954 g/mol. The first-order valence-electron chi connectivity index (χ1n) is 22.5. The quantitative estimate of drug-likeness (QED) is 0.0480. The molecule has 348 valence electrons. The number of rotatable bonds is 19. The minimum absolute atomic E-state index is 0.0159. The van der Waals surface area contributed by atoms with Crippen LogP contribution >= 0.6 is 15.9 Å². The topological polar surface area (TPSA) is 143 Å². The van der Waals surface area contributed by atoms with E-state index in [4.69, 9.17) is 28.9 Å². The Kier molecular flexibility index (Phi) is 20.6. The molecule has 4 heterocycles. The second kappa shape index (κ2) is 27.2. The molecular formula is C50H63BrN6O8. The highest BCUT2D eigenvalue weighted by molar-refractivity contribution is 9.09. The van der Waals surface area contributed by atoms with Gasteiger partial charge in [-0.3, -0.25) is 0 Å². The van der Waals surface area contributed by atoms with Gasteiger partial charge in [0.25, 0.3) is 0 Å². The smallest absolute Gasteiger partial charge is 0.331 e. The van der Waals surface area contributed by atoms with Gasteiger partial charge in [-0.1, -0.05) is 76.6 Å². The summed E-state index contributed by atoms with van der Waals surface area (Å²) in [7, 11) is 2.74. The second-order valence-corrected chi connectivity index (χ2v) is 16.5. The van der Waals surface area contributed by atoms with Gasteiger partial charge in [0.2, 0.25) is 0 Å². The minimum atomic E-state index is -0.334. The molecule has 2 aromatic heterocycles. The number of aromatic amines is 1. The van der Waals surface area contributed by atoms with Crippen molar-refractivity contribution in [2.45, 2.75) is 44.1 Å². The number of likely N-dealkylation sites (tertiary alicyclic amines) is 2. The molecule has 0 amide bonds. The third kappa shape index (κ3) is 16.0. The summed E-state index contributed by atoms with van der Waals surface area (Å²) < 4.78 is 33.4. The standard InChI is InChI=1S/C25H31N3O4.C17H23N3O3.C8H9BrO/c1-30-24(29)19-31-17-15-27-13-11-20(12-14-27)25-26-22-9-5-6-10-23(22)28(25)16-18-32-21-7-3-2-4-8-21;1-22-16(21)12-23-11-10-20-8-6-13(7-9-20)17-18-14-4-2-3-5-15(14)19-17;9-6-7-10-8-4-2-1-3-5-8/h2-10,20H,11-19H2,1H3;2-5,13H,6-12H2,1H3,(H,18,19);1-5H,6-7H2. The molecule has 0 aliphatic carbocycles. The van der Waals surface area contributed by atoms with E-state index in [1.165, 1.54) is 14.2 Å². The van der Waals surface area contributed by atoms with Crippen LogP contribution in [-0.2, 0) is 35.1 Å². The maximum absolute atomic E-state index is 11.1. The van der Waals surface area contributed by atoms with Gasteiger partial charge in [-0.2, -0.15) is 0 Å². The number of para-hydroxylation sites is 6.